The van der Waals surface area contributed by atoms with Crippen molar-refractivity contribution in [1.29, 1.82) is 0 Å². The van der Waals surface area contributed by atoms with Gasteiger partial charge in [-0.25, -0.2) is 0 Å². The van der Waals surface area contributed by atoms with Crippen molar-refractivity contribution in [3.63, 3.8) is 0 Å². The van der Waals surface area contributed by atoms with Crippen molar-refractivity contribution in [2.75, 3.05) is 0 Å². The molecule has 0 aliphatic heterocycles. The summed E-state index contributed by atoms with van der Waals surface area (Å²) < 4.78 is 6.49. The Bertz CT molecular complexity index is 543. The molecule has 94 valence electrons. The van der Waals surface area contributed by atoms with Crippen LogP contribution in [-0.4, -0.2) is 10.1 Å². The second kappa shape index (κ2) is 5.69. The van der Waals surface area contributed by atoms with Crippen LogP contribution in [0.3, 0.4) is 0 Å². The van der Waals surface area contributed by atoms with Gasteiger partial charge in [-0.2, -0.15) is 0 Å². The number of aromatic nitrogens is 1. The van der Waals surface area contributed by atoms with E-state index in [0.29, 0.717) is 22.2 Å². The van der Waals surface area contributed by atoms with E-state index < -0.39 is 6.10 Å². The lowest BCUT2D eigenvalue weighted by Crippen LogP contribution is -1.95. The standard InChI is InChI=1S/C13H11BrClNO2/c1-8(17)12-4-3-10(7-16-12)18-13-5-2-9(14)6-11(13)15/h2-8,17H,1H3/t8-/m0/s1. The smallest absolute Gasteiger partial charge is 0.146 e. The van der Waals surface area contributed by atoms with E-state index in [-0.39, 0.29) is 0 Å². The number of hydrogen-bond donors (Lipinski definition) is 1. The van der Waals surface area contributed by atoms with Gasteiger partial charge >= 0.3 is 0 Å². The zero-order valence-electron chi connectivity index (χ0n) is 9.60. The first-order chi connectivity index (χ1) is 8.56. The lowest BCUT2D eigenvalue weighted by Gasteiger charge is -2.09. The third-order valence-electron chi connectivity index (χ3n) is 2.31. The lowest BCUT2D eigenvalue weighted by molar-refractivity contribution is 0.194. The second-order valence-corrected chi connectivity index (χ2v) is 5.09. The van der Waals surface area contributed by atoms with E-state index in [0.717, 1.165) is 4.47 Å². The fourth-order valence-electron chi connectivity index (χ4n) is 1.38. The number of halogens is 2. The van der Waals surface area contributed by atoms with Crippen LogP contribution in [0.5, 0.6) is 11.5 Å². The van der Waals surface area contributed by atoms with Gasteiger partial charge in [-0.05, 0) is 37.3 Å². The quantitative estimate of drug-likeness (QED) is 0.911. The van der Waals surface area contributed by atoms with E-state index >= 15 is 0 Å². The zero-order chi connectivity index (χ0) is 13.1. The third-order valence-corrected chi connectivity index (χ3v) is 3.10. The van der Waals surface area contributed by atoms with Crippen LogP contribution in [0.25, 0.3) is 0 Å². The summed E-state index contributed by atoms with van der Waals surface area (Å²) in [4.78, 5) is 4.09. The fraction of sp³-hybridized carbons (Fsp3) is 0.154. The maximum Gasteiger partial charge on any atom is 0.146 e. The van der Waals surface area contributed by atoms with E-state index in [2.05, 4.69) is 20.9 Å². The molecule has 0 unspecified atom stereocenters. The van der Waals surface area contributed by atoms with Crippen LogP contribution in [0.4, 0.5) is 0 Å². The first kappa shape index (κ1) is 13.3. The summed E-state index contributed by atoms with van der Waals surface area (Å²) in [6.07, 6.45) is 0.968. The molecule has 5 heteroatoms. The van der Waals surface area contributed by atoms with E-state index in [1.54, 1.807) is 37.4 Å². The highest BCUT2D eigenvalue weighted by molar-refractivity contribution is 9.10. The number of nitrogens with zero attached hydrogens (tertiary/aromatic N) is 1. The van der Waals surface area contributed by atoms with Crippen molar-refractivity contribution in [2.24, 2.45) is 0 Å². The lowest BCUT2D eigenvalue weighted by atomic mass is 10.2. The summed E-state index contributed by atoms with van der Waals surface area (Å²) in [5.74, 6) is 1.13. The number of hydrogen-bond acceptors (Lipinski definition) is 3. The molecule has 0 bridgehead atoms. The summed E-state index contributed by atoms with van der Waals surface area (Å²) in [5.41, 5.74) is 0.601. The average Bonchev–Trinajstić information content (AvgIpc) is 2.33. The van der Waals surface area contributed by atoms with Crippen LogP contribution < -0.4 is 4.74 Å². The van der Waals surface area contributed by atoms with E-state index in [4.69, 9.17) is 16.3 Å². The molecule has 0 fully saturated rings. The Morgan fingerprint density at radius 2 is 2.11 bits per heavy atom. The Morgan fingerprint density at radius 1 is 1.33 bits per heavy atom. The van der Waals surface area contributed by atoms with Gasteiger partial charge in [-0.15, -0.1) is 0 Å². The van der Waals surface area contributed by atoms with E-state index in [1.165, 1.54) is 0 Å². The molecule has 1 atom stereocenters. The fourth-order valence-corrected chi connectivity index (χ4v) is 2.10. The summed E-state index contributed by atoms with van der Waals surface area (Å²) in [5, 5.41) is 9.87. The molecule has 1 aromatic carbocycles. The normalized spacial score (nSPS) is 12.2. The van der Waals surface area contributed by atoms with Crippen molar-refractivity contribution in [3.05, 3.63) is 51.7 Å². The minimum Gasteiger partial charge on any atom is -0.454 e. The van der Waals surface area contributed by atoms with Gasteiger partial charge in [-0.3, -0.25) is 4.98 Å². The third kappa shape index (κ3) is 3.22. The van der Waals surface area contributed by atoms with Gasteiger partial charge in [0.05, 0.1) is 23.0 Å². The summed E-state index contributed by atoms with van der Waals surface area (Å²) in [7, 11) is 0. The van der Waals surface area contributed by atoms with Crippen molar-refractivity contribution >= 4 is 27.5 Å². The minimum atomic E-state index is -0.588. The Kier molecular flexibility index (Phi) is 4.22. The Morgan fingerprint density at radius 3 is 2.67 bits per heavy atom. The molecule has 1 heterocycles. The number of pyridine rings is 1. The Labute approximate surface area is 119 Å². The molecular formula is C13H11BrClNO2. The molecule has 0 aliphatic rings. The molecule has 1 N–H and O–H groups in total. The number of aliphatic hydroxyl groups is 1. The van der Waals surface area contributed by atoms with Gasteiger partial charge < -0.3 is 9.84 Å². The zero-order valence-corrected chi connectivity index (χ0v) is 11.9. The van der Waals surface area contributed by atoms with Crippen LogP contribution in [0.15, 0.2) is 41.0 Å². The molecular weight excluding hydrogens is 318 g/mol. The predicted molar refractivity (Wildman–Crippen MR) is 74.1 cm³/mol. The highest BCUT2D eigenvalue weighted by Crippen LogP contribution is 2.31. The predicted octanol–water partition coefficient (Wildman–Crippen LogP) is 4.34. The molecule has 0 saturated carbocycles. The number of benzene rings is 1. The van der Waals surface area contributed by atoms with Crippen molar-refractivity contribution < 1.29 is 9.84 Å². The molecule has 0 saturated heterocycles. The largest absolute Gasteiger partial charge is 0.454 e. The molecule has 0 spiro atoms. The summed E-state index contributed by atoms with van der Waals surface area (Å²) in [6, 6.07) is 8.84. The maximum atomic E-state index is 9.35. The summed E-state index contributed by atoms with van der Waals surface area (Å²) >= 11 is 9.37. The highest BCUT2D eigenvalue weighted by atomic mass is 79.9. The van der Waals surface area contributed by atoms with Crippen molar-refractivity contribution in [3.8, 4) is 11.5 Å². The van der Waals surface area contributed by atoms with Crippen LogP contribution in [-0.2, 0) is 0 Å². The van der Waals surface area contributed by atoms with Crippen LogP contribution in [0.2, 0.25) is 5.02 Å². The topological polar surface area (TPSA) is 42.4 Å². The minimum absolute atomic E-state index is 0.518. The molecule has 3 nitrogen and oxygen atoms in total. The SMILES string of the molecule is C[C@H](O)c1ccc(Oc2ccc(Br)cc2Cl)cn1. The number of rotatable bonds is 3. The first-order valence-electron chi connectivity index (χ1n) is 5.33. The Hall–Kier alpha value is -1.10. The van der Waals surface area contributed by atoms with Crippen molar-refractivity contribution in [1.82, 2.24) is 4.98 Å². The van der Waals surface area contributed by atoms with Gasteiger partial charge in [0.15, 0.2) is 0 Å². The number of ether oxygens (including phenoxy) is 1. The Balaban J connectivity index is 2.18. The van der Waals surface area contributed by atoms with Gasteiger partial charge in [0.1, 0.15) is 11.5 Å². The van der Waals surface area contributed by atoms with Gasteiger partial charge in [0.25, 0.3) is 0 Å². The maximum absolute atomic E-state index is 9.35. The van der Waals surface area contributed by atoms with Gasteiger partial charge in [-0.1, -0.05) is 27.5 Å². The molecule has 18 heavy (non-hydrogen) atoms. The highest BCUT2D eigenvalue weighted by Gasteiger charge is 2.06. The second-order valence-electron chi connectivity index (χ2n) is 3.77. The monoisotopic (exact) mass is 327 g/mol. The molecule has 2 aromatic rings. The van der Waals surface area contributed by atoms with Crippen LogP contribution in [0, 0.1) is 0 Å². The van der Waals surface area contributed by atoms with Crippen LogP contribution >= 0.6 is 27.5 Å². The average molecular weight is 329 g/mol. The van der Waals surface area contributed by atoms with E-state index in [1.807, 2.05) is 6.07 Å². The molecule has 0 amide bonds. The number of aliphatic hydroxyl groups excluding tert-OH is 1. The van der Waals surface area contributed by atoms with Crippen molar-refractivity contribution in [2.45, 2.75) is 13.0 Å². The first-order valence-corrected chi connectivity index (χ1v) is 6.50. The summed E-state index contributed by atoms with van der Waals surface area (Å²) in [6.45, 7) is 1.66. The van der Waals surface area contributed by atoms with Gasteiger partial charge in [0, 0.05) is 4.47 Å². The molecule has 0 radical (unpaired) electrons. The van der Waals surface area contributed by atoms with E-state index in [9.17, 15) is 5.11 Å². The molecule has 0 aliphatic carbocycles. The van der Waals surface area contributed by atoms with Crippen LogP contribution in [0.1, 0.15) is 18.7 Å². The molecule has 1 aromatic heterocycles. The van der Waals surface area contributed by atoms with Gasteiger partial charge in [0.2, 0.25) is 0 Å². The molecule has 2 rings (SSSR count).